The smallest absolute Gasteiger partial charge is 0.744 e. The Morgan fingerprint density at radius 3 is 0.765 bits per heavy atom. The van der Waals surface area contributed by atoms with E-state index in [1.807, 2.05) is 0 Å². The fourth-order valence-electron chi connectivity index (χ4n) is 8.23. The predicted octanol–water partition coefficient (Wildman–Crippen LogP) is 16.2. The van der Waals surface area contributed by atoms with Crippen LogP contribution in [0.2, 0.25) is 0 Å². The number of unbranched alkanes of at least 4 members (excludes halogenated alkanes) is 24. The van der Waals surface area contributed by atoms with Gasteiger partial charge in [-0.2, -0.15) is 0 Å². The van der Waals surface area contributed by atoms with Gasteiger partial charge < -0.3 is 28.1 Å². The minimum Gasteiger partial charge on any atom is -0.744 e. The summed E-state index contributed by atoms with van der Waals surface area (Å²) < 4.78 is 90.2. The number of rotatable bonds is 46. The van der Waals surface area contributed by atoms with E-state index >= 15 is 0 Å². The van der Waals surface area contributed by atoms with Gasteiger partial charge in [-0.1, -0.05) is 179 Å². The van der Waals surface area contributed by atoms with Crippen LogP contribution in [0.3, 0.4) is 0 Å². The Labute approximate surface area is 518 Å². The van der Waals surface area contributed by atoms with Crippen molar-refractivity contribution in [2.24, 2.45) is 0 Å². The van der Waals surface area contributed by atoms with Crippen LogP contribution in [0, 0.1) is 0 Å². The summed E-state index contributed by atoms with van der Waals surface area (Å²) in [5.74, 6) is -3.24. The molecule has 0 saturated carbocycles. The first-order valence-corrected chi connectivity index (χ1v) is 32.9. The van der Waals surface area contributed by atoms with Gasteiger partial charge in [0.1, 0.15) is 20.2 Å². The number of benzene rings is 2. The predicted molar refractivity (Wildman–Crippen MR) is 323 cm³/mol. The molecule has 2 aromatic carbocycles. The summed E-state index contributed by atoms with van der Waals surface area (Å²) in [5, 5.41) is 0. The second-order valence-electron chi connectivity index (χ2n) is 20.1. The summed E-state index contributed by atoms with van der Waals surface area (Å²) in [4.78, 5) is 49.6. The molecule has 0 aliphatic heterocycles. The zero-order valence-corrected chi connectivity index (χ0v) is 53.6. The maximum atomic E-state index is 12.7. The van der Waals surface area contributed by atoms with Gasteiger partial charge in [-0.15, -0.1) is 0 Å². The molecule has 0 aliphatic rings. The minimum atomic E-state index is -4.81. The van der Waals surface area contributed by atoms with Gasteiger partial charge in [-0.05, 0) is 139 Å². The van der Waals surface area contributed by atoms with E-state index in [0.717, 1.165) is 87.8 Å². The molecule has 0 heterocycles. The largest absolute Gasteiger partial charge is 2.00 e. The van der Waals surface area contributed by atoms with E-state index in [2.05, 4.69) is 76.3 Å². The molecular weight excluding hydrogens is 1100 g/mol. The van der Waals surface area contributed by atoms with Gasteiger partial charge in [0.05, 0.1) is 58.5 Å². The normalized spacial score (nSPS) is 11.7. The van der Waals surface area contributed by atoms with Crippen molar-refractivity contribution in [2.75, 3.05) is 26.4 Å². The van der Waals surface area contributed by atoms with E-state index in [-0.39, 0.29) is 86.4 Å². The minimum absolute atomic E-state index is 0. The average molecular weight is 1200 g/mol. The first kappa shape index (κ1) is 77.4. The summed E-state index contributed by atoms with van der Waals surface area (Å²) in [5.41, 5.74) is -0.814. The number of esters is 4. The van der Waals surface area contributed by atoms with Gasteiger partial charge >= 0.3 is 61.6 Å². The third-order valence-corrected chi connectivity index (χ3v) is 14.7. The Balaban J connectivity index is 0.00000156. The first-order valence-electron chi connectivity index (χ1n) is 30.1. The van der Waals surface area contributed by atoms with Crippen LogP contribution >= 0.6 is 0 Å². The van der Waals surface area contributed by atoms with Gasteiger partial charge in [0.15, 0.2) is 0 Å². The Morgan fingerprint density at radius 2 is 0.543 bits per heavy atom. The van der Waals surface area contributed by atoms with Crippen LogP contribution in [-0.2, 0) is 39.2 Å². The van der Waals surface area contributed by atoms with Gasteiger partial charge in [0, 0.05) is 0 Å². The fraction of sp³-hybridized carbons (Fsp3) is 0.625. The zero-order valence-electron chi connectivity index (χ0n) is 49.8. The van der Waals surface area contributed by atoms with Crippen LogP contribution in [0.1, 0.15) is 275 Å². The van der Waals surface area contributed by atoms with Crippen LogP contribution in [-0.4, -0.2) is 114 Å². The van der Waals surface area contributed by atoms with Crippen LogP contribution < -0.4 is 0 Å². The molecule has 0 unspecified atom stereocenters. The number of hydrogen-bond donors (Lipinski definition) is 0. The van der Waals surface area contributed by atoms with E-state index in [9.17, 15) is 45.1 Å². The molecule has 0 saturated heterocycles. The van der Waals surface area contributed by atoms with E-state index < -0.39 is 53.9 Å². The second-order valence-corrected chi connectivity index (χ2v) is 22.9. The van der Waals surface area contributed by atoms with Crippen molar-refractivity contribution in [3.63, 3.8) is 0 Å². The molecule has 0 aliphatic carbocycles. The van der Waals surface area contributed by atoms with Crippen LogP contribution in [0.4, 0.5) is 0 Å². The molecule has 0 amide bonds. The van der Waals surface area contributed by atoms with Gasteiger partial charge in [-0.3, -0.25) is 0 Å². The molecule has 452 valence electrons. The molecule has 0 aromatic heterocycles. The second kappa shape index (κ2) is 50.8. The zero-order chi connectivity index (χ0) is 59.0. The Bertz CT molecular complexity index is 2200. The van der Waals surface area contributed by atoms with Crippen molar-refractivity contribution in [3.05, 3.63) is 107 Å². The molecule has 0 fully saturated rings. The summed E-state index contributed by atoms with van der Waals surface area (Å²) in [7, 11) is -9.63. The molecule has 2 rings (SSSR count). The Kier molecular flexibility index (Phi) is 48.6. The molecule has 14 nitrogen and oxygen atoms in total. The molecule has 2 aromatic rings. The summed E-state index contributed by atoms with van der Waals surface area (Å²) in [6, 6.07) is 6.06. The van der Waals surface area contributed by atoms with Gasteiger partial charge in [0.2, 0.25) is 0 Å². The molecular formula is C64H98CaO14S2. The third kappa shape index (κ3) is 40.3. The molecule has 81 heavy (non-hydrogen) atoms. The number of ether oxygens (including phenoxy) is 4. The topological polar surface area (TPSA) is 220 Å². The van der Waals surface area contributed by atoms with Crippen molar-refractivity contribution in [2.45, 2.75) is 243 Å². The van der Waals surface area contributed by atoms with Crippen molar-refractivity contribution in [1.82, 2.24) is 0 Å². The standard InChI is InChI=1S/2C32H50O7S.Ca/c2*1-3-5-7-9-11-13-15-17-19-21-25-38-31(33)29-24-23-28(40(35,36)37)27-30(29)32(34)39-26-22-20-18-16-14-12-10-8-6-4-2;/h2*15-18,23-24,27H,3-14,19-22,25-26H2,1-2H3,(H,35,36,37);/q;;+2/p-2/b2*17-15+,18-16+;. The van der Waals surface area contributed by atoms with E-state index in [0.29, 0.717) is 25.7 Å². The fourth-order valence-corrected chi connectivity index (χ4v) is 9.23. The van der Waals surface area contributed by atoms with Crippen LogP contribution in [0.5, 0.6) is 0 Å². The molecule has 0 atom stereocenters. The summed E-state index contributed by atoms with van der Waals surface area (Å²) in [6.07, 6.45) is 51.1. The molecule has 0 N–H and O–H groups in total. The van der Waals surface area contributed by atoms with E-state index in [4.69, 9.17) is 18.9 Å². The number of allylic oxidation sites excluding steroid dienone is 8. The van der Waals surface area contributed by atoms with Crippen LogP contribution in [0.15, 0.2) is 94.8 Å². The van der Waals surface area contributed by atoms with E-state index in [1.54, 1.807) is 0 Å². The number of carbonyl (C=O) groups excluding carboxylic acids is 4. The van der Waals surface area contributed by atoms with E-state index in [1.165, 1.54) is 128 Å². The monoisotopic (exact) mass is 1190 g/mol. The van der Waals surface area contributed by atoms with Crippen molar-refractivity contribution in [3.8, 4) is 0 Å². The SMILES string of the molecule is CCCCCCC/C=C/CCCOC(=O)c1ccc(S(=O)(=O)[O-])cc1C(=O)OCCC/C=C/CCCCCCC.CCCCCCC/C=C/CCCOC(=O)c1ccc(S(=O)(=O)[O-])cc1C(=O)OCCC/C=C/CCCCCCC.[Ca+2]. The van der Waals surface area contributed by atoms with Gasteiger partial charge in [-0.25, -0.2) is 36.0 Å². The van der Waals surface area contributed by atoms with Crippen LogP contribution in [0.25, 0.3) is 0 Å². The van der Waals surface area contributed by atoms with Gasteiger partial charge in [0.25, 0.3) is 0 Å². The third-order valence-electron chi connectivity index (χ3n) is 13.0. The quantitative estimate of drug-likeness (QED) is 0.0150. The van der Waals surface area contributed by atoms with Crippen molar-refractivity contribution >= 4 is 81.9 Å². The molecule has 0 radical (unpaired) electrons. The summed E-state index contributed by atoms with van der Waals surface area (Å²) >= 11 is 0. The Hall–Kier alpha value is -3.64. The molecule has 0 bridgehead atoms. The number of hydrogen-bond acceptors (Lipinski definition) is 14. The molecule has 17 heteroatoms. The van der Waals surface area contributed by atoms with Crippen molar-refractivity contribution < 1.29 is 64.1 Å². The van der Waals surface area contributed by atoms with Crippen molar-refractivity contribution in [1.29, 1.82) is 0 Å². The maximum Gasteiger partial charge on any atom is 2.00 e. The molecule has 0 spiro atoms. The maximum absolute atomic E-state index is 12.7. The summed E-state index contributed by atoms with van der Waals surface area (Å²) in [6.45, 7) is 9.30. The average Bonchev–Trinajstić information content (AvgIpc) is 3.46. The number of carbonyl (C=O) groups is 4. The Morgan fingerprint density at radius 1 is 0.333 bits per heavy atom. The first-order chi connectivity index (χ1) is 38.6.